The number of nitrogens with one attached hydrogen (secondary N) is 2. The largest absolute Gasteiger partial charge is 0.376 e. The Morgan fingerprint density at radius 1 is 1.46 bits per heavy atom. The number of hydrogen-bond acceptors (Lipinski definition) is 7. The quantitative estimate of drug-likeness (QED) is 0.649. The van der Waals surface area contributed by atoms with Crippen LogP contribution in [0.3, 0.4) is 0 Å². The number of thioether (sulfide) groups is 1. The number of amides is 2. The SMILES string of the molecule is C/C=C\C1=C(C)N2C(=O)C(NC(=O)CNc3ccc4nc(N)sc4c3)[C@@H]2SC1. The molecule has 4 N–H and O–H groups in total. The van der Waals surface area contributed by atoms with E-state index in [1.54, 1.807) is 16.7 Å². The maximum atomic E-state index is 12.5. The average Bonchev–Trinajstić information content (AvgIpc) is 3.05. The lowest BCUT2D eigenvalue weighted by molar-refractivity contribution is -0.145. The summed E-state index contributed by atoms with van der Waals surface area (Å²) < 4.78 is 0.963. The van der Waals surface area contributed by atoms with Gasteiger partial charge < -0.3 is 16.4 Å². The summed E-state index contributed by atoms with van der Waals surface area (Å²) in [5, 5.41) is 6.45. The van der Waals surface area contributed by atoms with Gasteiger partial charge in [0, 0.05) is 17.1 Å². The Balaban J connectivity index is 1.35. The molecule has 2 atom stereocenters. The highest BCUT2D eigenvalue weighted by Crippen LogP contribution is 2.40. The van der Waals surface area contributed by atoms with Crippen LogP contribution in [0.1, 0.15) is 13.8 Å². The van der Waals surface area contributed by atoms with Crippen LogP contribution >= 0.6 is 23.1 Å². The van der Waals surface area contributed by atoms with Crippen LogP contribution in [0.4, 0.5) is 10.8 Å². The number of aromatic nitrogens is 1. The number of rotatable bonds is 5. The molecule has 0 spiro atoms. The van der Waals surface area contributed by atoms with E-state index in [9.17, 15) is 9.59 Å². The highest BCUT2D eigenvalue weighted by atomic mass is 32.2. The molecule has 1 aromatic heterocycles. The van der Waals surface area contributed by atoms with Gasteiger partial charge in [-0.2, -0.15) is 0 Å². The van der Waals surface area contributed by atoms with E-state index in [1.807, 2.05) is 44.2 Å². The third-order valence-corrected chi connectivity index (χ3v) is 6.97. The number of fused-ring (bicyclic) bond motifs is 2. The lowest BCUT2D eigenvalue weighted by Crippen LogP contribution is -2.70. The van der Waals surface area contributed by atoms with Crippen molar-refractivity contribution in [1.29, 1.82) is 0 Å². The first-order chi connectivity index (χ1) is 13.5. The van der Waals surface area contributed by atoms with E-state index in [-0.39, 0.29) is 23.7 Å². The lowest BCUT2D eigenvalue weighted by Gasteiger charge is -2.50. The molecule has 7 nitrogen and oxygen atoms in total. The van der Waals surface area contributed by atoms with Crippen molar-refractivity contribution in [3.63, 3.8) is 0 Å². The summed E-state index contributed by atoms with van der Waals surface area (Å²) in [5.41, 5.74) is 9.51. The first-order valence-electron chi connectivity index (χ1n) is 8.94. The minimum atomic E-state index is -0.467. The van der Waals surface area contributed by atoms with Gasteiger partial charge in [0.15, 0.2) is 5.13 Å². The van der Waals surface area contributed by atoms with Crippen molar-refractivity contribution >= 4 is 55.9 Å². The predicted octanol–water partition coefficient (Wildman–Crippen LogP) is 2.54. The second-order valence-electron chi connectivity index (χ2n) is 6.65. The van der Waals surface area contributed by atoms with Gasteiger partial charge in [-0.1, -0.05) is 23.5 Å². The Labute approximate surface area is 171 Å². The Bertz CT molecular complexity index is 1010. The number of carbonyl (C=O) groups is 2. The molecule has 2 aromatic rings. The Hall–Kier alpha value is -2.52. The van der Waals surface area contributed by atoms with Gasteiger partial charge in [0.25, 0.3) is 5.91 Å². The molecule has 0 bridgehead atoms. The second kappa shape index (κ2) is 7.48. The smallest absolute Gasteiger partial charge is 0.253 e. The van der Waals surface area contributed by atoms with E-state index < -0.39 is 6.04 Å². The monoisotopic (exact) mass is 415 g/mol. The third kappa shape index (κ3) is 3.35. The number of carbonyl (C=O) groups excluding carboxylic acids is 2. The molecule has 2 amide bonds. The zero-order valence-corrected chi connectivity index (χ0v) is 17.2. The molecule has 1 unspecified atom stereocenters. The van der Waals surface area contributed by atoms with Crippen molar-refractivity contribution in [2.24, 2.45) is 0 Å². The van der Waals surface area contributed by atoms with Crippen LogP contribution in [-0.4, -0.2) is 45.4 Å². The van der Waals surface area contributed by atoms with Crippen molar-refractivity contribution in [3.05, 3.63) is 41.6 Å². The highest BCUT2D eigenvalue weighted by Gasteiger charge is 2.51. The van der Waals surface area contributed by atoms with Gasteiger partial charge in [-0.15, -0.1) is 11.8 Å². The zero-order valence-electron chi connectivity index (χ0n) is 15.6. The van der Waals surface area contributed by atoms with Crippen LogP contribution in [-0.2, 0) is 9.59 Å². The van der Waals surface area contributed by atoms with Crippen LogP contribution in [0.5, 0.6) is 0 Å². The van der Waals surface area contributed by atoms with E-state index >= 15 is 0 Å². The fraction of sp³-hybridized carbons (Fsp3) is 0.316. The van der Waals surface area contributed by atoms with Crippen molar-refractivity contribution in [2.75, 3.05) is 23.3 Å². The summed E-state index contributed by atoms with van der Waals surface area (Å²) in [6, 6.07) is 5.18. The number of nitrogen functional groups attached to an aromatic ring is 1. The van der Waals surface area contributed by atoms with Crippen LogP contribution in [0.2, 0.25) is 0 Å². The number of allylic oxidation sites excluding steroid dienone is 3. The molecule has 3 heterocycles. The number of β-lactam (4-membered cyclic amide) rings is 1. The van der Waals surface area contributed by atoms with E-state index in [0.717, 1.165) is 32.9 Å². The van der Waals surface area contributed by atoms with E-state index in [1.165, 1.54) is 11.3 Å². The van der Waals surface area contributed by atoms with Gasteiger partial charge in [-0.3, -0.25) is 14.5 Å². The minimum absolute atomic E-state index is 0.0259. The first kappa shape index (κ1) is 18.8. The maximum Gasteiger partial charge on any atom is 0.253 e. The number of nitrogens with zero attached hydrogens (tertiary/aromatic N) is 2. The van der Waals surface area contributed by atoms with Crippen molar-refractivity contribution in [2.45, 2.75) is 25.3 Å². The summed E-state index contributed by atoms with van der Waals surface area (Å²) in [7, 11) is 0. The Morgan fingerprint density at radius 3 is 3.07 bits per heavy atom. The first-order valence-corrected chi connectivity index (χ1v) is 10.8. The summed E-state index contributed by atoms with van der Waals surface area (Å²) in [4.78, 5) is 30.9. The number of hydrogen-bond donors (Lipinski definition) is 3. The fourth-order valence-corrected chi connectivity index (χ4v) is 5.60. The van der Waals surface area contributed by atoms with Gasteiger partial charge in [0.1, 0.15) is 11.4 Å². The molecule has 0 radical (unpaired) electrons. The van der Waals surface area contributed by atoms with E-state index in [4.69, 9.17) is 5.73 Å². The molecule has 0 aliphatic carbocycles. The molecule has 9 heteroatoms. The molecule has 1 fully saturated rings. The Morgan fingerprint density at radius 2 is 2.29 bits per heavy atom. The molecule has 2 aliphatic rings. The fourth-order valence-electron chi connectivity index (χ4n) is 3.39. The molecule has 0 saturated carbocycles. The van der Waals surface area contributed by atoms with Crippen LogP contribution < -0.4 is 16.4 Å². The zero-order chi connectivity index (χ0) is 19.8. The highest BCUT2D eigenvalue weighted by molar-refractivity contribution is 8.00. The molecule has 2 aliphatic heterocycles. The van der Waals surface area contributed by atoms with Gasteiger partial charge in [-0.05, 0) is 37.6 Å². The molecule has 4 rings (SSSR count). The predicted molar refractivity (Wildman–Crippen MR) is 115 cm³/mol. The topological polar surface area (TPSA) is 100 Å². The molecular weight excluding hydrogens is 394 g/mol. The van der Waals surface area contributed by atoms with E-state index in [0.29, 0.717) is 5.13 Å². The van der Waals surface area contributed by atoms with Gasteiger partial charge in [-0.25, -0.2) is 4.98 Å². The molecule has 146 valence electrons. The van der Waals surface area contributed by atoms with Crippen LogP contribution in [0, 0.1) is 0 Å². The number of benzene rings is 1. The van der Waals surface area contributed by atoms with Crippen LogP contribution in [0.15, 0.2) is 41.6 Å². The average molecular weight is 416 g/mol. The number of thiazole rings is 1. The minimum Gasteiger partial charge on any atom is -0.376 e. The molecule has 1 saturated heterocycles. The molecule has 1 aromatic carbocycles. The summed E-state index contributed by atoms with van der Waals surface area (Å²) >= 11 is 3.08. The lowest BCUT2D eigenvalue weighted by atomic mass is 10.0. The summed E-state index contributed by atoms with van der Waals surface area (Å²) in [5.74, 6) is 0.586. The summed E-state index contributed by atoms with van der Waals surface area (Å²) in [6.45, 7) is 4.02. The van der Waals surface area contributed by atoms with Gasteiger partial charge in [0.2, 0.25) is 5.91 Å². The van der Waals surface area contributed by atoms with Crippen molar-refractivity contribution in [3.8, 4) is 0 Å². The van der Waals surface area contributed by atoms with Crippen molar-refractivity contribution in [1.82, 2.24) is 15.2 Å². The normalized spacial score (nSPS) is 21.8. The number of anilines is 2. The summed E-state index contributed by atoms with van der Waals surface area (Å²) in [6.07, 6.45) is 4.02. The number of nitrogens with two attached hydrogens (primary N) is 1. The second-order valence-corrected chi connectivity index (χ2v) is 8.82. The Kier molecular flexibility index (Phi) is 5.03. The maximum absolute atomic E-state index is 12.5. The van der Waals surface area contributed by atoms with Gasteiger partial charge in [0.05, 0.1) is 16.8 Å². The van der Waals surface area contributed by atoms with Crippen molar-refractivity contribution < 1.29 is 9.59 Å². The van der Waals surface area contributed by atoms with Crippen LogP contribution in [0.25, 0.3) is 10.2 Å². The third-order valence-electron chi connectivity index (χ3n) is 4.82. The molecule has 28 heavy (non-hydrogen) atoms. The standard InChI is InChI=1S/C19H21N5O2S2/c1-3-4-11-9-27-18-16(17(26)24(18)10(11)2)23-15(25)8-21-12-5-6-13-14(7-12)28-19(20)22-13/h3-7,16,18,21H,8-9H2,1-2H3,(H2,20,22)(H,23,25)/b4-3-/t16?,18-/m0/s1. The van der Waals surface area contributed by atoms with Gasteiger partial charge >= 0.3 is 0 Å². The van der Waals surface area contributed by atoms with E-state index in [2.05, 4.69) is 15.6 Å². The molecular formula is C19H21N5O2S2.